The van der Waals surface area contributed by atoms with Crippen LogP contribution in [0.3, 0.4) is 0 Å². The van der Waals surface area contributed by atoms with Crippen LogP contribution in [-0.2, 0) is 4.79 Å². The molecule has 5 nitrogen and oxygen atoms in total. The monoisotopic (exact) mass is 290 g/mol. The Balaban J connectivity index is 1.50. The highest BCUT2D eigenvalue weighted by Gasteiger charge is 2.21. The summed E-state index contributed by atoms with van der Waals surface area (Å²) in [6, 6.07) is 5.90. The molecular formula is C16H22N2O3. The van der Waals surface area contributed by atoms with E-state index in [1.807, 2.05) is 12.1 Å². The highest BCUT2D eigenvalue weighted by atomic mass is 16.7. The average Bonchev–Trinajstić information content (AvgIpc) is 2.94. The number of amides is 1. The van der Waals surface area contributed by atoms with Gasteiger partial charge in [-0.2, -0.15) is 0 Å². The van der Waals surface area contributed by atoms with Crippen molar-refractivity contribution in [3.05, 3.63) is 18.2 Å². The molecule has 1 aromatic carbocycles. The summed E-state index contributed by atoms with van der Waals surface area (Å²) in [7, 11) is 0. The summed E-state index contributed by atoms with van der Waals surface area (Å²) in [5.74, 6) is 2.03. The molecule has 1 aliphatic heterocycles. The zero-order valence-electron chi connectivity index (χ0n) is 12.4. The second-order valence-electron chi connectivity index (χ2n) is 5.87. The SMILES string of the molecule is CC1CCCCC1NCC(=O)Nc1ccc2c(c1)OCO2. The molecule has 2 unspecified atom stereocenters. The Morgan fingerprint density at radius 1 is 1.24 bits per heavy atom. The minimum Gasteiger partial charge on any atom is -0.454 e. The van der Waals surface area contributed by atoms with Crippen molar-refractivity contribution in [2.24, 2.45) is 5.92 Å². The van der Waals surface area contributed by atoms with Gasteiger partial charge in [0.25, 0.3) is 0 Å². The second kappa shape index (κ2) is 6.35. The van der Waals surface area contributed by atoms with E-state index in [1.165, 1.54) is 25.7 Å². The normalized spacial score (nSPS) is 23.9. The Labute approximate surface area is 125 Å². The number of fused-ring (bicyclic) bond motifs is 1. The molecular weight excluding hydrogens is 268 g/mol. The van der Waals surface area contributed by atoms with Gasteiger partial charge in [0.1, 0.15) is 0 Å². The van der Waals surface area contributed by atoms with Gasteiger partial charge in [0.05, 0.1) is 6.54 Å². The van der Waals surface area contributed by atoms with Crippen molar-refractivity contribution in [1.82, 2.24) is 5.32 Å². The molecule has 1 aliphatic carbocycles. The van der Waals surface area contributed by atoms with Crippen LogP contribution >= 0.6 is 0 Å². The largest absolute Gasteiger partial charge is 0.454 e. The fraction of sp³-hybridized carbons (Fsp3) is 0.562. The lowest BCUT2D eigenvalue weighted by molar-refractivity contribution is -0.115. The molecule has 2 N–H and O–H groups in total. The summed E-state index contributed by atoms with van der Waals surface area (Å²) in [6.45, 7) is 2.85. The Morgan fingerprint density at radius 3 is 2.90 bits per heavy atom. The maximum Gasteiger partial charge on any atom is 0.238 e. The summed E-state index contributed by atoms with van der Waals surface area (Å²) in [6.07, 6.45) is 4.98. The van der Waals surface area contributed by atoms with Crippen molar-refractivity contribution in [2.45, 2.75) is 38.6 Å². The molecule has 114 valence electrons. The van der Waals surface area contributed by atoms with Crippen molar-refractivity contribution in [1.29, 1.82) is 0 Å². The third kappa shape index (κ3) is 3.47. The van der Waals surface area contributed by atoms with Crippen LogP contribution in [0, 0.1) is 5.92 Å². The van der Waals surface area contributed by atoms with Gasteiger partial charge in [-0.3, -0.25) is 4.79 Å². The van der Waals surface area contributed by atoms with Gasteiger partial charge in [-0.05, 0) is 30.9 Å². The number of hydrogen-bond donors (Lipinski definition) is 2. The smallest absolute Gasteiger partial charge is 0.238 e. The van der Waals surface area contributed by atoms with E-state index < -0.39 is 0 Å². The van der Waals surface area contributed by atoms with E-state index in [-0.39, 0.29) is 12.7 Å². The van der Waals surface area contributed by atoms with Gasteiger partial charge in [0.2, 0.25) is 12.7 Å². The lowest BCUT2D eigenvalue weighted by Crippen LogP contribution is -2.41. The van der Waals surface area contributed by atoms with Crippen molar-refractivity contribution >= 4 is 11.6 Å². The summed E-state index contributed by atoms with van der Waals surface area (Å²) < 4.78 is 10.6. The van der Waals surface area contributed by atoms with Gasteiger partial charge >= 0.3 is 0 Å². The van der Waals surface area contributed by atoms with Crippen molar-refractivity contribution in [3.8, 4) is 11.5 Å². The van der Waals surface area contributed by atoms with Crippen molar-refractivity contribution in [3.63, 3.8) is 0 Å². The topological polar surface area (TPSA) is 59.6 Å². The molecule has 5 heteroatoms. The highest BCUT2D eigenvalue weighted by Crippen LogP contribution is 2.34. The predicted octanol–water partition coefficient (Wildman–Crippen LogP) is 2.52. The number of rotatable bonds is 4. The quantitative estimate of drug-likeness (QED) is 0.894. The molecule has 1 aromatic rings. The molecule has 2 aliphatic rings. The average molecular weight is 290 g/mol. The number of nitrogens with one attached hydrogen (secondary N) is 2. The van der Waals surface area contributed by atoms with Gasteiger partial charge in [-0.25, -0.2) is 0 Å². The number of carbonyl (C=O) groups is 1. The summed E-state index contributed by atoms with van der Waals surface area (Å²) in [4.78, 5) is 12.0. The van der Waals surface area contributed by atoms with Crippen LogP contribution in [0.1, 0.15) is 32.6 Å². The Bertz CT molecular complexity index is 518. The lowest BCUT2D eigenvalue weighted by Gasteiger charge is -2.29. The molecule has 1 saturated carbocycles. The first-order valence-electron chi connectivity index (χ1n) is 7.65. The number of ether oxygens (including phenoxy) is 2. The van der Waals surface area contributed by atoms with Crippen LogP contribution in [0.25, 0.3) is 0 Å². The molecule has 1 amide bonds. The summed E-state index contributed by atoms with van der Waals surface area (Å²) >= 11 is 0. The zero-order chi connectivity index (χ0) is 14.7. The second-order valence-corrected chi connectivity index (χ2v) is 5.87. The first-order chi connectivity index (χ1) is 10.2. The van der Waals surface area contributed by atoms with E-state index in [4.69, 9.17) is 9.47 Å². The van der Waals surface area contributed by atoms with Crippen LogP contribution in [0.4, 0.5) is 5.69 Å². The fourth-order valence-electron chi connectivity index (χ4n) is 3.02. The first kappa shape index (κ1) is 14.2. The van der Waals surface area contributed by atoms with E-state index in [0.717, 1.165) is 11.4 Å². The summed E-state index contributed by atoms with van der Waals surface area (Å²) in [5.41, 5.74) is 0.739. The van der Waals surface area contributed by atoms with Gasteiger partial charge in [-0.1, -0.05) is 19.8 Å². The third-order valence-corrected chi connectivity index (χ3v) is 4.29. The van der Waals surface area contributed by atoms with Crippen LogP contribution in [0.15, 0.2) is 18.2 Å². The van der Waals surface area contributed by atoms with E-state index >= 15 is 0 Å². The lowest BCUT2D eigenvalue weighted by atomic mass is 9.86. The van der Waals surface area contributed by atoms with Gasteiger partial charge in [-0.15, -0.1) is 0 Å². The number of anilines is 1. The number of hydrogen-bond acceptors (Lipinski definition) is 4. The molecule has 1 fully saturated rings. The maximum absolute atomic E-state index is 12.0. The molecule has 0 aromatic heterocycles. The van der Waals surface area contributed by atoms with Crippen LogP contribution < -0.4 is 20.1 Å². The van der Waals surface area contributed by atoms with E-state index in [9.17, 15) is 4.79 Å². The standard InChI is InChI=1S/C16H22N2O3/c1-11-4-2-3-5-13(11)17-9-16(19)18-12-6-7-14-15(8-12)21-10-20-14/h6-8,11,13,17H,2-5,9-10H2,1H3,(H,18,19). The third-order valence-electron chi connectivity index (χ3n) is 4.29. The molecule has 0 radical (unpaired) electrons. The van der Waals surface area contributed by atoms with Gasteiger partial charge < -0.3 is 20.1 Å². The molecule has 0 saturated heterocycles. The van der Waals surface area contributed by atoms with Gasteiger partial charge in [0, 0.05) is 17.8 Å². The zero-order valence-corrected chi connectivity index (χ0v) is 12.4. The minimum atomic E-state index is -0.0216. The Kier molecular flexibility index (Phi) is 4.29. The molecule has 0 spiro atoms. The minimum absolute atomic E-state index is 0.0216. The molecule has 0 bridgehead atoms. The summed E-state index contributed by atoms with van der Waals surface area (Å²) in [5, 5.41) is 6.26. The van der Waals surface area contributed by atoms with Crippen LogP contribution in [0.2, 0.25) is 0 Å². The highest BCUT2D eigenvalue weighted by molar-refractivity contribution is 5.92. The van der Waals surface area contributed by atoms with E-state index in [0.29, 0.717) is 24.3 Å². The van der Waals surface area contributed by atoms with Crippen molar-refractivity contribution in [2.75, 3.05) is 18.7 Å². The van der Waals surface area contributed by atoms with Crippen LogP contribution in [-0.4, -0.2) is 25.3 Å². The Morgan fingerprint density at radius 2 is 2.05 bits per heavy atom. The Hall–Kier alpha value is -1.75. The van der Waals surface area contributed by atoms with Gasteiger partial charge in [0.15, 0.2) is 11.5 Å². The first-order valence-corrected chi connectivity index (χ1v) is 7.65. The molecule has 1 heterocycles. The number of benzene rings is 1. The molecule has 3 rings (SSSR count). The fourth-order valence-corrected chi connectivity index (χ4v) is 3.02. The van der Waals surface area contributed by atoms with Crippen molar-refractivity contribution < 1.29 is 14.3 Å². The number of carbonyl (C=O) groups excluding carboxylic acids is 1. The van der Waals surface area contributed by atoms with E-state index in [2.05, 4.69) is 17.6 Å². The van der Waals surface area contributed by atoms with Crippen LogP contribution in [0.5, 0.6) is 11.5 Å². The van der Waals surface area contributed by atoms with E-state index in [1.54, 1.807) is 6.07 Å². The maximum atomic E-state index is 12.0. The molecule has 21 heavy (non-hydrogen) atoms. The predicted molar refractivity (Wildman–Crippen MR) is 80.6 cm³/mol. The molecule has 2 atom stereocenters.